The van der Waals surface area contributed by atoms with Crippen LogP contribution < -0.4 is 0 Å². The van der Waals surface area contributed by atoms with Crippen LogP contribution in [0.2, 0.25) is 0 Å². The number of aryl methyl sites for hydroxylation is 1. The van der Waals surface area contributed by atoms with Crippen LogP contribution in [0.3, 0.4) is 0 Å². The van der Waals surface area contributed by atoms with Gasteiger partial charge in [-0.1, -0.05) is 18.2 Å². The van der Waals surface area contributed by atoms with E-state index in [1.165, 1.54) is 17.2 Å². The highest BCUT2D eigenvalue weighted by molar-refractivity contribution is 5.94. The molecule has 2 aromatic heterocycles. The van der Waals surface area contributed by atoms with Crippen LogP contribution in [0.15, 0.2) is 53.3 Å². The normalized spacial score (nSPS) is 10.9. The second kappa shape index (κ2) is 4.18. The lowest BCUT2D eigenvalue weighted by molar-refractivity contribution is 0.0946. The van der Waals surface area contributed by atoms with Crippen molar-refractivity contribution in [2.24, 2.45) is 0 Å². The molecule has 0 atom stereocenters. The molecule has 90 valence electrons. The molecule has 0 radical (unpaired) electrons. The van der Waals surface area contributed by atoms with Gasteiger partial charge in [-0.05, 0) is 30.7 Å². The third-order valence-corrected chi connectivity index (χ3v) is 3.10. The SMILES string of the molecule is Cc1cn(CC(=O)c2ccco2)c2ccccc12. The molecule has 0 N–H and O–H groups in total. The van der Waals surface area contributed by atoms with Crippen molar-refractivity contribution in [3.63, 3.8) is 0 Å². The first kappa shape index (κ1) is 10.8. The molecule has 3 heteroatoms. The monoisotopic (exact) mass is 239 g/mol. The Bertz CT molecular complexity index is 692. The van der Waals surface area contributed by atoms with Crippen LogP contribution in [0.25, 0.3) is 10.9 Å². The fourth-order valence-corrected chi connectivity index (χ4v) is 2.23. The smallest absolute Gasteiger partial charge is 0.217 e. The molecule has 0 bridgehead atoms. The summed E-state index contributed by atoms with van der Waals surface area (Å²) in [6, 6.07) is 11.5. The van der Waals surface area contributed by atoms with E-state index in [2.05, 4.69) is 13.0 Å². The largest absolute Gasteiger partial charge is 0.461 e. The van der Waals surface area contributed by atoms with E-state index >= 15 is 0 Å². The summed E-state index contributed by atoms with van der Waals surface area (Å²) in [4.78, 5) is 12.0. The summed E-state index contributed by atoms with van der Waals surface area (Å²) >= 11 is 0. The van der Waals surface area contributed by atoms with E-state index in [-0.39, 0.29) is 5.78 Å². The van der Waals surface area contributed by atoms with Crippen LogP contribution in [-0.4, -0.2) is 10.4 Å². The fraction of sp³-hybridized carbons (Fsp3) is 0.133. The highest BCUT2D eigenvalue weighted by Gasteiger charge is 2.12. The predicted octanol–water partition coefficient (Wildman–Crippen LogP) is 3.43. The number of para-hydroxylation sites is 1. The molecular weight excluding hydrogens is 226 g/mol. The quantitative estimate of drug-likeness (QED) is 0.656. The number of benzene rings is 1. The number of rotatable bonds is 3. The van der Waals surface area contributed by atoms with Crippen LogP contribution >= 0.6 is 0 Å². The molecule has 3 rings (SSSR count). The summed E-state index contributed by atoms with van der Waals surface area (Å²) < 4.78 is 7.09. The van der Waals surface area contributed by atoms with Crippen molar-refractivity contribution in [2.75, 3.05) is 0 Å². The first-order chi connectivity index (χ1) is 8.75. The Kier molecular flexibility index (Phi) is 2.52. The second-order valence-corrected chi connectivity index (χ2v) is 4.36. The van der Waals surface area contributed by atoms with Crippen LogP contribution in [0, 0.1) is 6.92 Å². The van der Waals surface area contributed by atoms with Crippen molar-refractivity contribution in [3.8, 4) is 0 Å². The van der Waals surface area contributed by atoms with Gasteiger partial charge >= 0.3 is 0 Å². The number of ketones is 1. The number of carbonyl (C=O) groups is 1. The van der Waals surface area contributed by atoms with Crippen molar-refractivity contribution in [3.05, 3.63) is 60.2 Å². The highest BCUT2D eigenvalue weighted by Crippen LogP contribution is 2.20. The molecular formula is C15H13NO2. The Morgan fingerprint density at radius 1 is 1.22 bits per heavy atom. The topological polar surface area (TPSA) is 35.1 Å². The van der Waals surface area contributed by atoms with Crippen LogP contribution in [0.1, 0.15) is 16.1 Å². The molecule has 0 aliphatic carbocycles. The van der Waals surface area contributed by atoms with Crippen molar-refractivity contribution in [1.82, 2.24) is 4.57 Å². The van der Waals surface area contributed by atoms with Gasteiger partial charge in [-0.2, -0.15) is 0 Å². The zero-order chi connectivity index (χ0) is 12.5. The van der Waals surface area contributed by atoms with Gasteiger partial charge in [-0.3, -0.25) is 4.79 Å². The molecule has 1 aromatic carbocycles. The molecule has 3 nitrogen and oxygen atoms in total. The van der Waals surface area contributed by atoms with Gasteiger partial charge in [0, 0.05) is 17.1 Å². The average Bonchev–Trinajstić information content (AvgIpc) is 3.00. The lowest BCUT2D eigenvalue weighted by atomic mass is 10.2. The van der Waals surface area contributed by atoms with Crippen molar-refractivity contribution in [2.45, 2.75) is 13.5 Å². The van der Waals surface area contributed by atoms with Gasteiger partial charge in [-0.25, -0.2) is 0 Å². The summed E-state index contributed by atoms with van der Waals surface area (Å²) in [7, 11) is 0. The fourth-order valence-electron chi connectivity index (χ4n) is 2.23. The first-order valence-corrected chi connectivity index (χ1v) is 5.87. The van der Waals surface area contributed by atoms with Crippen molar-refractivity contribution in [1.29, 1.82) is 0 Å². The van der Waals surface area contributed by atoms with E-state index in [9.17, 15) is 4.79 Å². The molecule has 3 aromatic rings. The van der Waals surface area contributed by atoms with E-state index in [1.807, 2.05) is 29.0 Å². The number of aromatic nitrogens is 1. The Balaban J connectivity index is 1.98. The lowest BCUT2D eigenvalue weighted by Crippen LogP contribution is -2.08. The van der Waals surface area contributed by atoms with Crippen LogP contribution in [0.4, 0.5) is 0 Å². The number of furan rings is 1. The van der Waals surface area contributed by atoms with Gasteiger partial charge in [0.25, 0.3) is 0 Å². The van der Waals surface area contributed by atoms with E-state index < -0.39 is 0 Å². The lowest BCUT2D eigenvalue weighted by Gasteiger charge is -2.02. The Hall–Kier alpha value is -2.29. The molecule has 0 saturated heterocycles. The number of hydrogen-bond donors (Lipinski definition) is 0. The molecule has 0 aliphatic rings. The third kappa shape index (κ3) is 1.74. The summed E-state index contributed by atoms with van der Waals surface area (Å²) in [5.41, 5.74) is 2.26. The highest BCUT2D eigenvalue weighted by atomic mass is 16.3. The molecule has 0 amide bonds. The first-order valence-electron chi connectivity index (χ1n) is 5.87. The molecule has 18 heavy (non-hydrogen) atoms. The van der Waals surface area contributed by atoms with E-state index in [4.69, 9.17) is 4.42 Å². The maximum atomic E-state index is 12.0. The summed E-state index contributed by atoms with van der Waals surface area (Å²) in [5, 5.41) is 1.18. The maximum Gasteiger partial charge on any atom is 0.217 e. The van der Waals surface area contributed by atoms with Gasteiger partial charge in [0.2, 0.25) is 5.78 Å². The van der Waals surface area contributed by atoms with E-state index in [1.54, 1.807) is 12.1 Å². The summed E-state index contributed by atoms with van der Waals surface area (Å²) in [6.07, 6.45) is 3.53. The number of nitrogens with zero attached hydrogens (tertiary/aromatic N) is 1. The number of hydrogen-bond acceptors (Lipinski definition) is 2. The van der Waals surface area contributed by atoms with E-state index in [0.29, 0.717) is 12.3 Å². The zero-order valence-corrected chi connectivity index (χ0v) is 10.1. The van der Waals surface area contributed by atoms with Crippen LogP contribution in [0.5, 0.6) is 0 Å². The molecule has 0 spiro atoms. The van der Waals surface area contributed by atoms with Gasteiger partial charge in [0.1, 0.15) is 0 Å². The predicted molar refractivity (Wildman–Crippen MR) is 69.7 cm³/mol. The zero-order valence-electron chi connectivity index (χ0n) is 10.1. The third-order valence-electron chi connectivity index (χ3n) is 3.10. The summed E-state index contributed by atoms with van der Waals surface area (Å²) in [6.45, 7) is 2.36. The molecule has 0 unspecified atom stereocenters. The van der Waals surface area contributed by atoms with E-state index in [0.717, 1.165) is 5.52 Å². The minimum atomic E-state index is -0.0132. The second-order valence-electron chi connectivity index (χ2n) is 4.36. The molecule has 2 heterocycles. The average molecular weight is 239 g/mol. The molecule has 0 saturated carbocycles. The maximum absolute atomic E-state index is 12.0. The van der Waals surface area contributed by atoms with Crippen molar-refractivity contribution >= 4 is 16.7 Å². The Labute approximate surface area is 105 Å². The number of Topliss-reactive ketones (excluding diaryl/α,β-unsaturated/α-hetero) is 1. The minimum absolute atomic E-state index is 0.0132. The number of fused-ring (bicyclic) bond motifs is 1. The standard InChI is InChI=1S/C15H13NO2/c1-11-9-16(13-6-3-2-5-12(11)13)10-14(17)15-7-4-8-18-15/h2-9H,10H2,1H3. The molecule has 0 aliphatic heterocycles. The van der Waals surface area contributed by atoms with Crippen LogP contribution in [-0.2, 0) is 6.54 Å². The van der Waals surface area contributed by atoms with Gasteiger partial charge in [0.05, 0.1) is 12.8 Å². The molecule has 0 fully saturated rings. The van der Waals surface area contributed by atoms with Gasteiger partial charge in [-0.15, -0.1) is 0 Å². The van der Waals surface area contributed by atoms with Gasteiger partial charge in [0.15, 0.2) is 5.76 Å². The summed E-state index contributed by atoms with van der Waals surface area (Å²) in [5.74, 6) is 0.395. The van der Waals surface area contributed by atoms with Crippen molar-refractivity contribution < 1.29 is 9.21 Å². The Morgan fingerprint density at radius 2 is 2.06 bits per heavy atom. The minimum Gasteiger partial charge on any atom is -0.461 e. The number of carbonyl (C=O) groups excluding carboxylic acids is 1. The Morgan fingerprint density at radius 3 is 2.83 bits per heavy atom. The van der Waals surface area contributed by atoms with Gasteiger partial charge < -0.3 is 8.98 Å².